The largest absolute Gasteiger partial charge is 0.456 e. The molecule has 3 aromatic rings. The summed E-state index contributed by atoms with van der Waals surface area (Å²) in [7, 11) is 0. The third kappa shape index (κ3) is 4.16. The number of fused-ring (bicyclic) bond motifs is 2. The first-order valence-electron chi connectivity index (χ1n) is 12.9. The Morgan fingerprint density at radius 1 is 1.15 bits per heavy atom. The number of hydrogen-bond donors (Lipinski definition) is 3. The van der Waals surface area contributed by atoms with E-state index in [4.69, 9.17) is 4.42 Å². The van der Waals surface area contributed by atoms with Crippen LogP contribution in [0.4, 0.5) is 4.79 Å². The number of carbonyl (C=O) groups is 3. The Bertz CT molecular complexity index is 1520. The monoisotopic (exact) mass is 531 g/mol. The Morgan fingerprint density at radius 3 is 2.64 bits per heavy atom. The maximum absolute atomic E-state index is 13.2. The van der Waals surface area contributed by atoms with Gasteiger partial charge in [0.15, 0.2) is 17.0 Å². The number of furan rings is 1. The molecule has 2 saturated heterocycles. The standard InChI is InChI=1S/C27H29N7O5/c1-3-32-6-8-33(9-7-32)23(31-38)18-11-21-20(28-13-18)12-22(39-21)27(25(36)29-26(37)30-27)15-34-14-17-5-4-16(2)10-19(17)24(34)35/h4-5,10-13,38H,3,6-9,14-15H2,1-2H3,(H2,29,30,36,37)/t27-/m0/s1. The van der Waals surface area contributed by atoms with Crippen LogP contribution in [0.3, 0.4) is 0 Å². The number of piperazine rings is 1. The minimum Gasteiger partial charge on any atom is -0.456 e. The van der Waals surface area contributed by atoms with Crippen LogP contribution in [0.25, 0.3) is 11.1 Å². The highest BCUT2D eigenvalue weighted by Crippen LogP contribution is 2.34. The molecular weight excluding hydrogens is 502 g/mol. The van der Waals surface area contributed by atoms with Crippen molar-refractivity contribution in [1.29, 1.82) is 0 Å². The van der Waals surface area contributed by atoms with Crippen LogP contribution in [0.5, 0.6) is 0 Å². The molecule has 3 N–H and O–H groups in total. The van der Waals surface area contributed by atoms with Gasteiger partial charge in [-0.3, -0.25) is 19.9 Å². The fourth-order valence-corrected chi connectivity index (χ4v) is 5.57. The van der Waals surface area contributed by atoms with Crippen molar-refractivity contribution in [3.05, 3.63) is 64.5 Å². The molecule has 5 heterocycles. The summed E-state index contributed by atoms with van der Waals surface area (Å²) in [6.07, 6.45) is 1.59. The van der Waals surface area contributed by atoms with Gasteiger partial charge in [0.1, 0.15) is 11.3 Å². The zero-order chi connectivity index (χ0) is 27.3. The number of rotatable bonds is 5. The number of likely N-dealkylation sites (N-methyl/N-ethyl adjacent to an activating group) is 1. The van der Waals surface area contributed by atoms with Crippen molar-refractivity contribution >= 4 is 34.8 Å². The number of imide groups is 1. The maximum atomic E-state index is 13.2. The second kappa shape index (κ2) is 9.38. The van der Waals surface area contributed by atoms with Crippen LogP contribution in [-0.4, -0.2) is 87.8 Å². The number of amides is 4. The van der Waals surface area contributed by atoms with Crippen LogP contribution in [0.15, 0.2) is 46.1 Å². The first-order valence-corrected chi connectivity index (χ1v) is 12.9. The van der Waals surface area contributed by atoms with Gasteiger partial charge < -0.3 is 29.6 Å². The van der Waals surface area contributed by atoms with Gasteiger partial charge in [0.05, 0.1) is 6.54 Å². The van der Waals surface area contributed by atoms with Gasteiger partial charge in [-0.05, 0) is 31.2 Å². The highest BCUT2D eigenvalue weighted by atomic mass is 16.4. The van der Waals surface area contributed by atoms with E-state index in [1.54, 1.807) is 18.3 Å². The van der Waals surface area contributed by atoms with Crippen molar-refractivity contribution in [3.8, 4) is 0 Å². The van der Waals surface area contributed by atoms with Crippen LogP contribution in [0, 0.1) is 6.92 Å². The molecule has 2 fully saturated rings. The molecule has 6 rings (SSSR count). The number of pyridine rings is 1. The number of amidine groups is 1. The highest BCUT2D eigenvalue weighted by molar-refractivity contribution is 6.08. The molecule has 3 aliphatic heterocycles. The molecule has 4 amide bonds. The summed E-state index contributed by atoms with van der Waals surface area (Å²) in [5.74, 6) is -0.288. The summed E-state index contributed by atoms with van der Waals surface area (Å²) >= 11 is 0. The van der Waals surface area contributed by atoms with Gasteiger partial charge in [0.2, 0.25) is 0 Å². The molecule has 1 atom stereocenters. The van der Waals surface area contributed by atoms with E-state index in [2.05, 4.69) is 32.6 Å². The lowest BCUT2D eigenvalue weighted by Gasteiger charge is -2.35. The Morgan fingerprint density at radius 2 is 1.95 bits per heavy atom. The predicted molar refractivity (Wildman–Crippen MR) is 140 cm³/mol. The van der Waals surface area contributed by atoms with Crippen LogP contribution < -0.4 is 10.6 Å². The van der Waals surface area contributed by atoms with Crippen LogP contribution >= 0.6 is 0 Å². The number of urea groups is 1. The minimum absolute atomic E-state index is 0.116. The number of aromatic nitrogens is 1. The fraction of sp³-hybridized carbons (Fsp3) is 0.370. The molecule has 0 radical (unpaired) electrons. The van der Waals surface area contributed by atoms with Crippen molar-refractivity contribution in [2.45, 2.75) is 25.9 Å². The summed E-state index contributed by atoms with van der Waals surface area (Å²) in [5, 5.41) is 18.3. The molecule has 12 nitrogen and oxygen atoms in total. The van der Waals surface area contributed by atoms with Crippen molar-refractivity contribution in [1.82, 2.24) is 30.3 Å². The summed E-state index contributed by atoms with van der Waals surface area (Å²) in [6.45, 7) is 8.29. The van der Waals surface area contributed by atoms with E-state index in [9.17, 15) is 19.6 Å². The van der Waals surface area contributed by atoms with Gasteiger partial charge in [0.25, 0.3) is 11.8 Å². The summed E-state index contributed by atoms with van der Waals surface area (Å²) in [6, 6.07) is 8.29. The number of oxime groups is 1. The minimum atomic E-state index is -1.63. The van der Waals surface area contributed by atoms with Gasteiger partial charge in [0, 0.05) is 56.1 Å². The normalized spacial score (nSPS) is 22.0. The molecule has 0 saturated carbocycles. The molecule has 12 heteroatoms. The second-order valence-electron chi connectivity index (χ2n) is 10.2. The maximum Gasteiger partial charge on any atom is 0.322 e. The predicted octanol–water partition coefficient (Wildman–Crippen LogP) is 1.60. The van der Waals surface area contributed by atoms with E-state index in [1.165, 1.54) is 4.90 Å². The number of nitrogens with zero attached hydrogens (tertiary/aromatic N) is 5. The third-order valence-electron chi connectivity index (χ3n) is 7.78. The fourth-order valence-electron chi connectivity index (χ4n) is 5.57. The van der Waals surface area contributed by atoms with E-state index >= 15 is 0 Å². The lowest BCUT2D eigenvalue weighted by Crippen LogP contribution is -2.52. The number of nitrogens with one attached hydrogen (secondary N) is 2. The Kier molecular flexibility index (Phi) is 5.98. The second-order valence-corrected chi connectivity index (χ2v) is 10.2. The molecule has 0 unspecified atom stereocenters. The molecule has 0 spiro atoms. The van der Waals surface area contributed by atoms with E-state index < -0.39 is 17.5 Å². The first-order chi connectivity index (χ1) is 18.8. The number of hydrogen-bond acceptors (Lipinski definition) is 8. The number of aryl methyl sites for hydroxylation is 1. The zero-order valence-electron chi connectivity index (χ0n) is 21.7. The van der Waals surface area contributed by atoms with Gasteiger partial charge in [-0.2, -0.15) is 0 Å². The smallest absolute Gasteiger partial charge is 0.322 e. The quantitative estimate of drug-likeness (QED) is 0.148. The summed E-state index contributed by atoms with van der Waals surface area (Å²) < 4.78 is 6.13. The molecular formula is C27H29N7O5. The van der Waals surface area contributed by atoms with E-state index in [0.717, 1.165) is 30.8 Å². The lowest BCUT2D eigenvalue weighted by molar-refractivity contribution is -0.125. The Labute approximate surface area is 224 Å². The molecule has 2 aromatic heterocycles. The summed E-state index contributed by atoms with van der Waals surface area (Å²) in [5.41, 5.74) is 2.15. The number of carbonyl (C=O) groups excluding carboxylic acids is 3. The van der Waals surface area contributed by atoms with Crippen molar-refractivity contribution in [3.63, 3.8) is 0 Å². The third-order valence-corrected chi connectivity index (χ3v) is 7.78. The van der Waals surface area contributed by atoms with Gasteiger partial charge in [-0.15, -0.1) is 0 Å². The Balaban J connectivity index is 1.32. The average Bonchev–Trinajstić information content (AvgIpc) is 3.58. The first kappa shape index (κ1) is 24.9. The van der Waals surface area contributed by atoms with Crippen LogP contribution in [0.1, 0.15) is 39.7 Å². The van der Waals surface area contributed by atoms with Gasteiger partial charge in [-0.25, -0.2) is 4.79 Å². The molecule has 0 aliphatic carbocycles. The van der Waals surface area contributed by atoms with E-state index in [1.807, 2.05) is 30.0 Å². The molecule has 202 valence electrons. The Hall–Kier alpha value is -4.45. The van der Waals surface area contributed by atoms with Crippen molar-refractivity contribution in [2.75, 3.05) is 39.3 Å². The van der Waals surface area contributed by atoms with Crippen molar-refractivity contribution in [2.24, 2.45) is 5.16 Å². The van der Waals surface area contributed by atoms with E-state index in [0.29, 0.717) is 47.7 Å². The van der Waals surface area contributed by atoms with E-state index in [-0.39, 0.29) is 18.2 Å². The average molecular weight is 532 g/mol. The summed E-state index contributed by atoms with van der Waals surface area (Å²) in [4.78, 5) is 49.1. The van der Waals surface area contributed by atoms with Gasteiger partial charge >= 0.3 is 6.03 Å². The van der Waals surface area contributed by atoms with Crippen molar-refractivity contribution < 1.29 is 24.0 Å². The molecule has 39 heavy (non-hydrogen) atoms. The lowest BCUT2D eigenvalue weighted by atomic mass is 9.95. The zero-order valence-corrected chi connectivity index (χ0v) is 21.7. The number of benzene rings is 1. The van der Waals surface area contributed by atoms with Gasteiger partial charge in [-0.1, -0.05) is 29.8 Å². The van der Waals surface area contributed by atoms with Crippen LogP contribution in [0.2, 0.25) is 0 Å². The topological polar surface area (TPSA) is 144 Å². The molecule has 3 aliphatic rings. The van der Waals surface area contributed by atoms with Crippen LogP contribution in [-0.2, 0) is 16.9 Å². The SMILES string of the molecule is CCN1CCN(C(=NO)c2cnc3cc([C@]4(CN5Cc6ccc(C)cc6C5=O)NC(=O)NC4=O)oc3c2)CC1. The molecule has 0 bridgehead atoms. The molecule has 1 aromatic carbocycles. The highest BCUT2D eigenvalue weighted by Gasteiger charge is 2.53.